The van der Waals surface area contributed by atoms with Gasteiger partial charge in [0.25, 0.3) is 0 Å². The van der Waals surface area contributed by atoms with E-state index in [4.69, 9.17) is 4.42 Å². The molecular weight excluding hydrogens is 240 g/mol. The highest BCUT2D eigenvalue weighted by Gasteiger charge is 2.16. The molecule has 1 heterocycles. The summed E-state index contributed by atoms with van der Waals surface area (Å²) in [6.07, 6.45) is 0. The third kappa shape index (κ3) is 1.27. The van der Waals surface area contributed by atoms with Crippen LogP contribution in [0.5, 0.6) is 11.7 Å². The van der Waals surface area contributed by atoms with Gasteiger partial charge in [-0.15, -0.1) is 0 Å². The third-order valence-electron chi connectivity index (χ3n) is 3.52. The van der Waals surface area contributed by atoms with Gasteiger partial charge < -0.3 is 14.6 Å². The number of furan rings is 1. The van der Waals surface area contributed by atoms with Crippen molar-refractivity contribution in [3.8, 4) is 11.7 Å². The molecule has 0 aliphatic rings. The van der Waals surface area contributed by atoms with E-state index in [9.17, 15) is 10.2 Å². The Morgan fingerprint density at radius 2 is 1.47 bits per heavy atom. The number of fused-ring (bicyclic) bond motifs is 5. The van der Waals surface area contributed by atoms with Gasteiger partial charge in [0.2, 0.25) is 5.75 Å². The molecule has 0 radical (unpaired) electrons. The first kappa shape index (κ1) is 10.3. The standard InChI is InChI=1S/C16H10O3/c17-15-14-12(19-16(15)18)8-7-10-6-5-9-3-1-2-4-11(9)13(10)14/h1-8,17-18H. The van der Waals surface area contributed by atoms with Gasteiger partial charge >= 0.3 is 5.95 Å². The maximum atomic E-state index is 10.0. The van der Waals surface area contributed by atoms with Crippen molar-refractivity contribution < 1.29 is 14.6 Å². The molecule has 1 aromatic heterocycles. The van der Waals surface area contributed by atoms with Gasteiger partial charge in [-0.2, -0.15) is 0 Å². The highest BCUT2D eigenvalue weighted by Crippen LogP contribution is 2.43. The molecule has 3 heteroatoms. The molecule has 3 nitrogen and oxygen atoms in total. The number of benzene rings is 3. The Balaban J connectivity index is 2.40. The predicted molar refractivity (Wildman–Crippen MR) is 74.6 cm³/mol. The van der Waals surface area contributed by atoms with Crippen LogP contribution in [-0.2, 0) is 0 Å². The van der Waals surface area contributed by atoms with Crippen molar-refractivity contribution in [2.24, 2.45) is 0 Å². The molecule has 92 valence electrons. The van der Waals surface area contributed by atoms with E-state index >= 15 is 0 Å². The van der Waals surface area contributed by atoms with Gasteiger partial charge in [0, 0.05) is 5.39 Å². The molecule has 0 fully saturated rings. The highest BCUT2D eigenvalue weighted by molar-refractivity contribution is 6.21. The summed E-state index contributed by atoms with van der Waals surface area (Å²) in [5, 5.41) is 24.1. The molecule has 0 atom stereocenters. The SMILES string of the molecule is Oc1oc2ccc3ccc4ccccc4c3c2c1O. The quantitative estimate of drug-likeness (QED) is 0.461. The summed E-state index contributed by atoms with van der Waals surface area (Å²) in [5.74, 6) is -0.632. The van der Waals surface area contributed by atoms with Crippen molar-refractivity contribution in [1.82, 2.24) is 0 Å². The Kier molecular flexibility index (Phi) is 1.85. The van der Waals surface area contributed by atoms with Crippen LogP contribution < -0.4 is 0 Å². The third-order valence-corrected chi connectivity index (χ3v) is 3.52. The van der Waals surface area contributed by atoms with Crippen molar-refractivity contribution in [1.29, 1.82) is 0 Å². The fraction of sp³-hybridized carbons (Fsp3) is 0. The van der Waals surface area contributed by atoms with Crippen LogP contribution in [0.2, 0.25) is 0 Å². The van der Waals surface area contributed by atoms with Crippen molar-refractivity contribution in [2.45, 2.75) is 0 Å². The van der Waals surface area contributed by atoms with E-state index in [2.05, 4.69) is 0 Å². The summed E-state index contributed by atoms with van der Waals surface area (Å²) in [6.45, 7) is 0. The van der Waals surface area contributed by atoms with Crippen LogP contribution in [-0.4, -0.2) is 10.2 Å². The Bertz CT molecular complexity index is 935. The first-order chi connectivity index (χ1) is 9.25. The molecule has 19 heavy (non-hydrogen) atoms. The monoisotopic (exact) mass is 250 g/mol. The lowest BCUT2D eigenvalue weighted by molar-refractivity contribution is 0.316. The average molecular weight is 250 g/mol. The zero-order valence-corrected chi connectivity index (χ0v) is 9.92. The Morgan fingerprint density at radius 3 is 2.37 bits per heavy atom. The molecule has 0 saturated carbocycles. The van der Waals surface area contributed by atoms with Gasteiger partial charge in [-0.1, -0.05) is 42.5 Å². The second-order valence-corrected chi connectivity index (χ2v) is 4.58. The van der Waals surface area contributed by atoms with Crippen LogP contribution in [0.15, 0.2) is 52.9 Å². The minimum absolute atomic E-state index is 0.197. The Morgan fingerprint density at radius 1 is 0.737 bits per heavy atom. The molecule has 0 unspecified atom stereocenters. The lowest BCUT2D eigenvalue weighted by Crippen LogP contribution is -1.78. The van der Waals surface area contributed by atoms with Crippen molar-refractivity contribution in [3.05, 3.63) is 48.5 Å². The second-order valence-electron chi connectivity index (χ2n) is 4.58. The Labute approximate surface area is 108 Å². The fourth-order valence-corrected chi connectivity index (χ4v) is 2.66. The van der Waals surface area contributed by atoms with E-state index in [1.807, 2.05) is 42.5 Å². The highest BCUT2D eigenvalue weighted by atomic mass is 16.5. The van der Waals surface area contributed by atoms with Gasteiger partial charge in [-0.3, -0.25) is 0 Å². The van der Waals surface area contributed by atoms with Gasteiger partial charge in [-0.25, -0.2) is 0 Å². The van der Waals surface area contributed by atoms with Crippen LogP contribution in [0, 0.1) is 0 Å². The van der Waals surface area contributed by atoms with Crippen molar-refractivity contribution in [3.63, 3.8) is 0 Å². The lowest BCUT2D eigenvalue weighted by Gasteiger charge is -2.04. The van der Waals surface area contributed by atoms with Gasteiger partial charge in [-0.05, 0) is 22.2 Å². The van der Waals surface area contributed by atoms with E-state index in [1.54, 1.807) is 6.07 Å². The van der Waals surface area contributed by atoms with Crippen LogP contribution in [0.25, 0.3) is 32.5 Å². The van der Waals surface area contributed by atoms with E-state index in [0.717, 1.165) is 21.5 Å². The molecule has 4 rings (SSSR count). The number of rotatable bonds is 0. The molecule has 0 bridgehead atoms. The molecule has 0 spiro atoms. The fourth-order valence-electron chi connectivity index (χ4n) is 2.66. The van der Waals surface area contributed by atoms with Crippen LogP contribution in [0.1, 0.15) is 0 Å². The molecule has 3 aromatic carbocycles. The van der Waals surface area contributed by atoms with E-state index in [1.165, 1.54) is 0 Å². The van der Waals surface area contributed by atoms with Crippen molar-refractivity contribution >= 4 is 32.5 Å². The van der Waals surface area contributed by atoms with Gasteiger partial charge in [0.05, 0.1) is 5.39 Å². The van der Waals surface area contributed by atoms with E-state index in [-0.39, 0.29) is 5.75 Å². The summed E-state index contributed by atoms with van der Waals surface area (Å²) < 4.78 is 5.16. The number of hydrogen-bond donors (Lipinski definition) is 2. The normalized spacial score (nSPS) is 11.6. The zero-order chi connectivity index (χ0) is 13.0. The summed E-state index contributed by atoms with van der Waals surface area (Å²) in [6, 6.07) is 15.7. The zero-order valence-electron chi connectivity index (χ0n) is 9.92. The van der Waals surface area contributed by atoms with Crippen molar-refractivity contribution in [2.75, 3.05) is 0 Å². The van der Waals surface area contributed by atoms with Crippen LogP contribution in [0.4, 0.5) is 0 Å². The largest absolute Gasteiger partial charge is 0.501 e. The van der Waals surface area contributed by atoms with Gasteiger partial charge in [0.1, 0.15) is 5.58 Å². The average Bonchev–Trinajstić information content (AvgIpc) is 2.74. The number of hydrogen-bond acceptors (Lipinski definition) is 3. The van der Waals surface area contributed by atoms with Crippen LogP contribution in [0.3, 0.4) is 0 Å². The van der Waals surface area contributed by atoms with Gasteiger partial charge in [0.15, 0.2) is 0 Å². The molecule has 0 aliphatic heterocycles. The topological polar surface area (TPSA) is 53.6 Å². The number of aromatic hydroxyl groups is 2. The predicted octanol–water partition coefficient (Wildman–Crippen LogP) is 4.15. The first-order valence-electron chi connectivity index (χ1n) is 6.00. The summed E-state index contributed by atoms with van der Waals surface area (Å²) in [7, 11) is 0. The summed E-state index contributed by atoms with van der Waals surface area (Å²) >= 11 is 0. The molecule has 0 saturated heterocycles. The van der Waals surface area contributed by atoms with Crippen LogP contribution >= 0.6 is 0 Å². The van der Waals surface area contributed by atoms with E-state index < -0.39 is 5.95 Å². The summed E-state index contributed by atoms with van der Waals surface area (Å²) in [5.41, 5.74) is 0.485. The molecule has 4 aromatic rings. The first-order valence-corrected chi connectivity index (χ1v) is 6.00. The lowest BCUT2D eigenvalue weighted by atomic mass is 9.99. The maximum Gasteiger partial charge on any atom is 0.327 e. The summed E-state index contributed by atoms with van der Waals surface area (Å²) in [4.78, 5) is 0. The molecule has 0 amide bonds. The maximum absolute atomic E-state index is 10.0. The minimum Gasteiger partial charge on any atom is -0.501 e. The minimum atomic E-state index is -0.435. The molecular formula is C16H10O3. The molecule has 0 aliphatic carbocycles. The smallest absolute Gasteiger partial charge is 0.327 e. The second kappa shape index (κ2) is 3.42. The molecule has 2 N–H and O–H groups in total. The Hall–Kier alpha value is -2.68. The van der Waals surface area contributed by atoms with E-state index in [0.29, 0.717) is 11.0 Å².